The molecule has 0 spiro atoms. The molecule has 0 unspecified atom stereocenters. The second-order valence-corrected chi connectivity index (χ2v) is 9.81. The summed E-state index contributed by atoms with van der Waals surface area (Å²) in [4.78, 5) is 12.2. The summed E-state index contributed by atoms with van der Waals surface area (Å²) in [6, 6.07) is 21.3. The number of hydrazone groups is 1. The first kappa shape index (κ1) is 24.0. The Balaban J connectivity index is 1.50. The molecule has 0 heterocycles. The van der Waals surface area contributed by atoms with Gasteiger partial charge >= 0.3 is 0 Å². The minimum absolute atomic E-state index is 0.0930. The maximum atomic E-state index is 12.2. The van der Waals surface area contributed by atoms with Crippen molar-refractivity contribution in [2.45, 2.75) is 39.2 Å². The van der Waals surface area contributed by atoms with Gasteiger partial charge in [-0.1, -0.05) is 68.8 Å². The third-order valence-electron chi connectivity index (χ3n) is 4.85. The van der Waals surface area contributed by atoms with E-state index in [-0.39, 0.29) is 17.7 Å². The molecule has 0 saturated carbocycles. The predicted molar refractivity (Wildman–Crippen MR) is 135 cm³/mol. The van der Waals surface area contributed by atoms with Crippen LogP contribution in [0, 0.1) is 0 Å². The van der Waals surface area contributed by atoms with Gasteiger partial charge in [-0.2, -0.15) is 5.10 Å². The van der Waals surface area contributed by atoms with Crippen molar-refractivity contribution >= 4 is 39.7 Å². The molecular formula is C26H26BrClN2O2. The van der Waals surface area contributed by atoms with Crippen molar-refractivity contribution in [1.29, 1.82) is 0 Å². The van der Waals surface area contributed by atoms with Gasteiger partial charge in [0.15, 0.2) is 0 Å². The molecule has 166 valence electrons. The number of ether oxygens (including phenoxy) is 1. The van der Waals surface area contributed by atoms with Gasteiger partial charge in [-0.25, -0.2) is 5.43 Å². The van der Waals surface area contributed by atoms with Crippen LogP contribution >= 0.6 is 27.5 Å². The van der Waals surface area contributed by atoms with Crippen molar-refractivity contribution in [3.8, 4) is 5.75 Å². The van der Waals surface area contributed by atoms with Gasteiger partial charge in [0.05, 0.1) is 17.1 Å². The lowest BCUT2D eigenvalue weighted by Gasteiger charge is -2.19. The van der Waals surface area contributed by atoms with E-state index in [1.165, 1.54) is 5.56 Å². The number of nitrogens with one attached hydrogen (secondary N) is 1. The summed E-state index contributed by atoms with van der Waals surface area (Å²) in [5.41, 5.74) is 6.74. The van der Waals surface area contributed by atoms with Crippen molar-refractivity contribution in [2.24, 2.45) is 5.10 Å². The van der Waals surface area contributed by atoms with E-state index in [4.69, 9.17) is 16.3 Å². The highest BCUT2D eigenvalue weighted by atomic mass is 79.9. The van der Waals surface area contributed by atoms with Gasteiger partial charge in [-0.3, -0.25) is 4.79 Å². The summed E-state index contributed by atoms with van der Waals surface area (Å²) in [7, 11) is 0. The predicted octanol–water partition coefficient (Wildman–Crippen LogP) is 6.67. The van der Waals surface area contributed by atoms with Crippen LogP contribution in [0.1, 0.15) is 43.0 Å². The number of carbonyl (C=O) groups is 1. The zero-order valence-corrected chi connectivity index (χ0v) is 20.7. The fourth-order valence-corrected chi connectivity index (χ4v) is 3.62. The van der Waals surface area contributed by atoms with Gasteiger partial charge in [-0.05, 0) is 73.9 Å². The lowest BCUT2D eigenvalue weighted by atomic mass is 9.86. The highest BCUT2D eigenvalue weighted by Gasteiger charge is 2.13. The molecule has 32 heavy (non-hydrogen) atoms. The minimum atomic E-state index is -0.160. The van der Waals surface area contributed by atoms with Crippen LogP contribution in [-0.4, -0.2) is 12.1 Å². The van der Waals surface area contributed by atoms with Crippen molar-refractivity contribution < 1.29 is 9.53 Å². The molecule has 0 bridgehead atoms. The SMILES string of the molecule is CC(C)(C)c1ccc(CC(=O)N/N=C\c2ccc(OCc3ccc(Cl)cc3)c(Br)c2)cc1. The van der Waals surface area contributed by atoms with Crippen LogP contribution in [0.5, 0.6) is 5.75 Å². The van der Waals surface area contributed by atoms with Crippen molar-refractivity contribution in [1.82, 2.24) is 5.43 Å². The van der Waals surface area contributed by atoms with Gasteiger partial charge in [0.1, 0.15) is 12.4 Å². The molecule has 0 radical (unpaired) electrons. The summed E-state index contributed by atoms with van der Waals surface area (Å²) in [5.74, 6) is 0.562. The Kier molecular flexibility index (Phi) is 8.10. The summed E-state index contributed by atoms with van der Waals surface area (Å²) in [6.07, 6.45) is 1.89. The fourth-order valence-electron chi connectivity index (χ4n) is 2.98. The maximum Gasteiger partial charge on any atom is 0.244 e. The molecule has 0 aromatic heterocycles. The number of nitrogens with zero attached hydrogens (tertiary/aromatic N) is 1. The Hall–Kier alpha value is -2.63. The van der Waals surface area contributed by atoms with Crippen LogP contribution in [0.3, 0.4) is 0 Å². The number of halogens is 2. The van der Waals surface area contributed by atoms with Crippen molar-refractivity contribution in [3.05, 3.63) is 98.5 Å². The molecule has 0 fully saturated rings. The summed E-state index contributed by atoms with van der Waals surface area (Å²) in [6.45, 7) is 6.94. The normalized spacial score (nSPS) is 11.5. The highest BCUT2D eigenvalue weighted by molar-refractivity contribution is 9.10. The molecule has 1 N–H and O–H groups in total. The van der Waals surface area contributed by atoms with E-state index in [9.17, 15) is 4.79 Å². The summed E-state index contributed by atoms with van der Waals surface area (Å²) in [5, 5.41) is 4.77. The molecule has 0 aliphatic heterocycles. The first-order chi connectivity index (χ1) is 15.2. The lowest BCUT2D eigenvalue weighted by molar-refractivity contribution is -0.120. The second-order valence-electron chi connectivity index (χ2n) is 8.52. The smallest absolute Gasteiger partial charge is 0.244 e. The molecule has 4 nitrogen and oxygen atoms in total. The number of amides is 1. The highest BCUT2D eigenvalue weighted by Crippen LogP contribution is 2.26. The number of hydrogen-bond acceptors (Lipinski definition) is 3. The van der Waals surface area contributed by atoms with Gasteiger partial charge in [-0.15, -0.1) is 0 Å². The Morgan fingerprint density at radius 1 is 1.03 bits per heavy atom. The molecule has 0 saturated heterocycles. The number of hydrogen-bond donors (Lipinski definition) is 1. The van der Waals surface area contributed by atoms with Crippen LogP contribution in [-0.2, 0) is 23.2 Å². The van der Waals surface area contributed by atoms with Gasteiger partial charge in [0.2, 0.25) is 5.91 Å². The van der Waals surface area contributed by atoms with Crippen LogP contribution in [0.4, 0.5) is 0 Å². The van der Waals surface area contributed by atoms with E-state index in [0.717, 1.165) is 26.9 Å². The van der Waals surface area contributed by atoms with Crippen LogP contribution in [0.25, 0.3) is 0 Å². The van der Waals surface area contributed by atoms with Gasteiger partial charge < -0.3 is 4.74 Å². The minimum Gasteiger partial charge on any atom is -0.488 e. The first-order valence-electron chi connectivity index (χ1n) is 10.3. The zero-order chi connectivity index (χ0) is 23.1. The fraction of sp³-hybridized carbons (Fsp3) is 0.231. The van der Waals surface area contributed by atoms with E-state index >= 15 is 0 Å². The van der Waals surface area contributed by atoms with E-state index in [1.807, 2.05) is 54.6 Å². The maximum absolute atomic E-state index is 12.2. The summed E-state index contributed by atoms with van der Waals surface area (Å²) < 4.78 is 6.66. The Labute approximate surface area is 202 Å². The molecule has 3 rings (SSSR count). The second kappa shape index (κ2) is 10.8. The van der Waals surface area contributed by atoms with E-state index in [1.54, 1.807) is 6.21 Å². The van der Waals surface area contributed by atoms with E-state index < -0.39 is 0 Å². The van der Waals surface area contributed by atoms with Crippen LogP contribution in [0.15, 0.2) is 76.3 Å². The average molecular weight is 514 g/mol. The molecule has 3 aromatic carbocycles. The molecule has 6 heteroatoms. The van der Waals surface area contributed by atoms with Crippen molar-refractivity contribution in [3.63, 3.8) is 0 Å². The Morgan fingerprint density at radius 3 is 2.31 bits per heavy atom. The van der Waals surface area contributed by atoms with E-state index in [2.05, 4.69) is 59.4 Å². The molecule has 0 aliphatic rings. The van der Waals surface area contributed by atoms with Gasteiger partial charge in [0, 0.05) is 5.02 Å². The standard InChI is InChI=1S/C26H26BrClN2O2/c1-26(2,3)21-9-4-18(5-10-21)15-25(31)30-29-16-20-8-13-24(23(27)14-20)32-17-19-6-11-22(28)12-7-19/h4-14,16H,15,17H2,1-3H3,(H,30,31)/b29-16-. The molecule has 1 amide bonds. The lowest BCUT2D eigenvalue weighted by Crippen LogP contribution is -2.20. The number of carbonyl (C=O) groups excluding carboxylic acids is 1. The Bertz CT molecular complexity index is 1090. The summed E-state index contributed by atoms with van der Waals surface area (Å²) >= 11 is 9.43. The Morgan fingerprint density at radius 2 is 1.69 bits per heavy atom. The quantitative estimate of drug-likeness (QED) is 0.283. The van der Waals surface area contributed by atoms with Crippen LogP contribution in [0.2, 0.25) is 5.02 Å². The monoisotopic (exact) mass is 512 g/mol. The molecule has 0 atom stereocenters. The molecule has 0 aliphatic carbocycles. The van der Waals surface area contributed by atoms with Crippen molar-refractivity contribution in [2.75, 3.05) is 0 Å². The number of rotatable bonds is 7. The zero-order valence-electron chi connectivity index (χ0n) is 18.4. The first-order valence-corrected chi connectivity index (χ1v) is 11.5. The third-order valence-corrected chi connectivity index (χ3v) is 5.72. The molecular weight excluding hydrogens is 488 g/mol. The topological polar surface area (TPSA) is 50.7 Å². The van der Waals surface area contributed by atoms with Crippen LogP contribution < -0.4 is 10.2 Å². The van der Waals surface area contributed by atoms with Gasteiger partial charge in [0.25, 0.3) is 0 Å². The molecule has 3 aromatic rings. The third kappa shape index (κ3) is 7.21. The number of benzene rings is 3. The largest absolute Gasteiger partial charge is 0.488 e. The van der Waals surface area contributed by atoms with E-state index in [0.29, 0.717) is 11.6 Å². The average Bonchev–Trinajstić information content (AvgIpc) is 2.74.